The first-order valence-corrected chi connectivity index (χ1v) is 7.22. The summed E-state index contributed by atoms with van der Waals surface area (Å²) < 4.78 is 10.6. The van der Waals surface area contributed by atoms with Gasteiger partial charge in [0.1, 0.15) is 4.33 Å². The van der Waals surface area contributed by atoms with Crippen LogP contribution in [0.5, 0.6) is 0 Å². The van der Waals surface area contributed by atoms with Crippen molar-refractivity contribution in [2.24, 2.45) is 5.92 Å². The van der Waals surface area contributed by atoms with Gasteiger partial charge >= 0.3 is 9.28 Å². The molecule has 1 unspecified atom stereocenters. The highest BCUT2D eigenvalue weighted by molar-refractivity contribution is 6.52. The second kappa shape index (κ2) is 4.98. The summed E-state index contributed by atoms with van der Waals surface area (Å²) in [6, 6.07) is 0.939. The predicted molar refractivity (Wildman–Crippen MR) is 57.8 cm³/mol. The maximum atomic E-state index is 5.93. The number of hydrogen-bond acceptors (Lipinski definition) is 2. The van der Waals surface area contributed by atoms with Crippen molar-refractivity contribution in [1.29, 1.82) is 0 Å². The first kappa shape index (κ1) is 11.8. The zero-order valence-electron chi connectivity index (χ0n) is 8.06. The fourth-order valence-corrected chi connectivity index (χ4v) is 4.31. The predicted octanol–water partition coefficient (Wildman–Crippen LogP) is 2.47. The Kier molecular flexibility index (Phi) is 4.52. The molecule has 0 aromatic carbocycles. The molecule has 0 aromatic rings. The van der Waals surface area contributed by atoms with Gasteiger partial charge in [0.15, 0.2) is 0 Å². The molecule has 1 saturated carbocycles. The first-order chi connectivity index (χ1) is 6.10. The van der Waals surface area contributed by atoms with Crippen LogP contribution < -0.4 is 0 Å². The quantitative estimate of drug-likeness (QED) is 0.527. The normalized spacial score (nSPS) is 25.2. The summed E-state index contributed by atoms with van der Waals surface area (Å²) in [7, 11) is -1.48. The molecule has 1 fully saturated rings. The van der Waals surface area contributed by atoms with Crippen LogP contribution in [0.4, 0.5) is 0 Å². The van der Waals surface area contributed by atoms with Crippen LogP contribution in [0.15, 0.2) is 0 Å². The topological polar surface area (TPSA) is 18.5 Å². The van der Waals surface area contributed by atoms with Crippen molar-refractivity contribution in [3.63, 3.8) is 0 Å². The smallest absolute Gasteiger partial charge is 0.321 e. The Morgan fingerprint density at radius 3 is 2.08 bits per heavy atom. The van der Waals surface area contributed by atoms with Crippen molar-refractivity contribution < 1.29 is 8.85 Å². The van der Waals surface area contributed by atoms with E-state index in [-0.39, 0.29) is 0 Å². The van der Waals surface area contributed by atoms with Gasteiger partial charge in [-0.1, -0.05) is 0 Å². The van der Waals surface area contributed by atoms with Gasteiger partial charge < -0.3 is 8.85 Å². The van der Waals surface area contributed by atoms with Gasteiger partial charge in [-0.3, -0.25) is 0 Å². The Labute approximate surface area is 91.3 Å². The van der Waals surface area contributed by atoms with Crippen LogP contribution in [-0.2, 0) is 8.85 Å². The van der Waals surface area contributed by atoms with Gasteiger partial charge in [-0.2, -0.15) is 0 Å². The molecule has 1 atom stereocenters. The third-order valence-corrected chi connectivity index (χ3v) is 5.43. The van der Waals surface area contributed by atoms with Crippen molar-refractivity contribution >= 4 is 32.5 Å². The van der Waals surface area contributed by atoms with E-state index in [2.05, 4.69) is 0 Å². The molecule has 0 spiro atoms. The molecule has 2 nitrogen and oxygen atoms in total. The van der Waals surface area contributed by atoms with E-state index < -0.39 is 13.6 Å². The summed E-state index contributed by atoms with van der Waals surface area (Å²) >= 11 is 11.9. The van der Waals surface area contributed by atoms with Crippen LogP contribution in [0.3, 0.4) is 0 Å². The summed E-state index contributed by atoms with van der Waals surface area (Å²) in [4.78, 5) is 0. The van der Waals surface area contributed by atoms with Crippen molar-refractivity contribution in [3.05, 3.63) is 0 Å². The fraction of sp³-hybridized carbons (Fsp3) is 1.00. The Morgan fingerprint density at radius 2 is 1.77 bits per heavy atom. The molecule has 1 aliphatic rings. The fourth-order valence-electron chi connectivity index (χ4n) is 1.31. The van der Waals surface area contributed by atoms with E-state index in [1.165, 1.54) is 0 Å². The minimum Gasteiger partial charge on any atom is -0.397 e. The van der Waals surface area contributed by atoms with Gasteiger partial charge in [0.25, 0.3) is 0 Å². The van der Waals surface area contributed by atoms with Crippen LogP contribution in [0.2, 0.25) is 6.04 Å². The summed E-state index contributed by atoms with van der Waals surface area (Å²) in [5.41, 5.74) is 0. The third-order valence-electron chi connectivity index (χ3n) is 2.14. The summed E-state index contributed by atoms with van der Waals surface area (Å²) in [5, 5.41) is 0. The lowest BCUT2D eigenvalue weighted by Gasteiger charge is -2.14. The highest BCUT2D eigenvalue weighted by Gasteiger charge is 2.52. The highest BCUT2D eigenvalue weighted by atomic mass is 35.5. The van der Waals surface area contributed by atoms with Gasteiger partial charge in [-0.15, -0.1) is 23.2 Å². The molecule has 13 heavy (non-hydrogen) atoms. The van der Waals surface area contributed by atoms with E-state index in [9.17, 15) is 0 Å². The second-order valence-electron chi connectivity index (χ2n) is 3.24. The number of halogens is 2. The third kappa shape index (κ3) is 3.76. The van der Waals surface area contributed by atoms with Crippen LogP contribution in [0, 0.1) is 5.92 Å². The Balaban J connectivity index is 2.23. The number of rotatable bonds is 6. The van der Waals surface area contributed by atoms with E-state index >= 15 is 0 Å². The van der Waals surface area contributed by atoms with Gasteiger partial charge in [0, 0.05) is 13.2 Å². The number of alkyl halides is 2. The van der Waals surface area contributed by atoms with Crippen molar-refractivity contribution in [2.45, 2.75) is 30.6 Å². The minimum absolute atomic E-state index is 0.394. The molecule has 1 aliphatic carbocycles. The molecule has 5 heteroatoms. The molecular weight excluding hydrogens is 227 g/mol. The van der Waals surface area contributed by atoms with Crippen LogP contribution in [-0.4, -0.2) is 26.8 Å². The molecule has 0 heterocycles. The zero-order chi connectivity index (χ0) is 9.90. The molecule has 0 bridgehead atoms. The van der Waals surface area contributed by atoms with E-state index in [4.69, 9.17) is 32.1 Å². The zero-order valence-corrected chi connectivity index (χ0v) is 10.7. The van der Waals surface area contributed by atoms with E-state index in [1.54, 1.807) is 0 Å². The molecule has 0 N–H and O–H groups in total. The lowest BCUT2D eigenvalue weighted by atomic mass is 10.5. The maximum absolute atomic E-state index is 5.93. The van der Waals surface area contributed by atoms with Crippen LogP contribution >= 0.6 is 23.2 Å². The summed E-state index contributed by atoms with van der Waals surface area (Å²) in [5.74, 6) is 0.394. The summed E-state index contributed by atoms with van der Waals surface area (Å²) in [6.45, 7) is 5.42. The Morgan fingerprint density at radius 1 is 1.31 bits per heavy atom. The molecule has 0 radical (unpaired) electrons. The van der Waals surface area contributed by atoms with Gasteiger partial charge in [0.05, 0.1) is 0 Å². The lowest BCUT2D eigenvalue weighted by molar-refractivity contribution is 0.212. The number of hydrogen-bond donors (Lipinski definition) is 0. The van der Waals surface area contributed by atoms with Gasteiger partial charge in [-0.25, -0.2) is 0 Å². The Bertz CT molecular complexity index is 160. The molecule has 0 saturated heterocycles. The average Bonchev–Trinajstić information content (AvgIpc) is 2.59. The average molecular weight is 243 g/mol. The second-order valence-corrected chi connectivity index (χ2v) is 6.78. The SMILES string of the molecule is CCO[SiH](CC1CC1(Cl)Cl)OCC. The van der Waals surface area contributed by atoms with Gasteiger partial charge in [0.2, 0.25) is 0 Å². The summed E-state index contributed by atoms with van der Waals surface area (Å²) in [6.07, 6.45) is 0.889. The van der Waals surface area contributed by atoms with E-state index in [0.29, 0.717) is 5.92 Å². The van der Waals surface area contributed by atoms with E-state index in [1.807, 2.05) is 13.8 Å². The van der Waals surface area contributed by atoms with Crippen molar-refractivity contribution in [2.75, 3.05) is 13.2 Å². The van der Waals surface area contributed by atoms with Crippen molar-refractivity contribution in [1.82, 2.24) is 0 Å². The van der Waals surface area contributed by atoms with E-state index in [0.717, 1.165) is 25.7 Å². The first-order valence-electron chi connectivity index (χ1n) is 4.71. The molecule has 0 aromatic heterocycles. The molecular formula is C8H16Cl2O2Si. The lowest BCUT2D eigenvalue weighted by Crippen LogP contribution is -2.24. The maximum Gasteiger partial charge on any atom is 0.321 e. The molecule has 78 valence electrons. The molecule has 1 rings (SSSR count). The standard InChI is InChI=1S/C8H16Cl2O2Si/c1-3-11-13(12-4-2)6-7-5-8(7,9)10/h7,13H,3-6H2,1-2H3. The largest absolute Gasteiger partial charge is 0.397 e. The molecule has 0 aliphatic heterocycles. The highest BCUT2D eigenvalue weighted by Crippen LogP contribution is 2.55. The van der Waals surface area contributed by atoms with Crippen molar-refractivity contribution in [3.8, 4) is 0 Å². The van der Waals surface area contributed by atoms with Crippen LogP contribution in [0.1, 0.15) is 20.3 Å². The van der Waals surface area contributed by atoms with Gasteiger partial charge in [-0.05, 0) is 32.2 Å². The Hall–Kier alpha value is 0.717. The minimum atomic E-state index is -1.48. The van der Waals surface area contributed by atoms with Crippen LogP contribution in [0.25, 0.3) is 0 Å². The molecule has 0 amide bonds. The monoisotopic (exact) mass is 242 g/mol.